The number of hydrogen-bond acceptors (Lipinski definition) is 1. The summed E-state index contributed by atoms with van der Waals surface area (Å²) in [7, 11) is 0. The molecule has 0 unspecified atom stereocenters. The minimum Gasteiger partial charge on any atom is -0.486 e. The minimum absolute atomic E-state index is 0.0823. The second-order valence-electron chi connectivity index (χ2n) is 8.59. The molecule has 0 amide bonds. The predicted molar refractivity (Wildman–Crippen MR) is 123 cm³/mol. The van der Waals surface area contributed by atoms with Gasteiger partial charge in [-0.05, 0) is 59.2 Å². The molecule has 0 spiro atoms. The van der Waals surface area contributed by atoms with Gasteiger partial charge in [-0.25, -0.2) is 8.78 Å². The molecule has 35 heavy (non-hydrogen) atoms. The Bertz CT molecular complexity index is 1250. The summed E-state index contributed by atoms with van der Waals surface area (Å²) in [5, 5.41) is 0. The third-order valence-corrected chi connectivity index (χ3v) is 6.21. The summed E-state index contributed by atoms with van der Waals surface area (Å²) in [6, 6.07) is 11.8. The third kappa shape index (κ3) is 4.21. The highest BCUT2D eigenvalue weighted by atomic mass is 19.3. The van der Waals surface area contributed by atoms with Crippen molar-refractivity contribution in [1.82, 2.24) is 0 Å². The summed E-state index contributed by atoms with van der Waals surface area (Å²) >= 11 is 0. The van der Waals surface area contributed by atoms with E-state index in [4.69, 9.17) is 4.74 Å². The van der Waals surface area contributed by atoms with Crippen LogP contribution in [0.4, 0.5) is 26.3 Å². The Morgan fingerprint density at radius 2 is 1.34 bits per heavy atom. The summed E-state index contributed by atoms with van der Waals surface area (Å²) in [6.07, 6.45) is 3.97. The highest BCUT2D eigenvalue weighted by Gasteiger charge is 2.65. The Morgan fingerprint density at radius 3 is 1.94 bits per heavy atom. The van der Waals surface area contributed by atoms with Crippen LogP contribution in [0.3, 0.4) is 0 Å². The molecule has 0 N–H and O–H groups in total. The fourth-order valence-corrected chi connectivity index (χ4v) is 4.36. The van der Waals surface area contributed by atoms with Gasteiger partial charge in [0.2, 0.25) is 0 Å². The second kappa shape index (κ2) is 9.44. The first-order valence-electron chi connectivity index (χ1n) is 11.4. The molecular weight excluding hydrogens is 466 g/mol. The van der Waals surface area contributed by atoms with Crippen molar-refractivity contribution in [3.63, 3.8) is 0 Å². The van der Waals surface area contributed by atoms with Gasteiger partial charge < -0.3 is 4.74 Å². The Morgan fingerprint density at radius 1 is 0.771 bits per heavy atom. The fourth-order valence-electron chi connectivity index (χ4n) is 4.36. The molecule has 0 atom stereocenters. The van der Waals surface area contributed by atoms with Crippen molar-refractivity contribution in [3.8, 4) is 16.9 Å². The van der Waals surface area contributed by atoms with Crippen LogP contribution in [0.25, 0.3) is 11.1 Å². The predicted octanol–water partition coefficient (Wildman–Crippen LogP) is 8.48. The lowest BCUT2D eigenvalue weighted by Crippen LogP contribution is -2.41. The van der Waals surface area contributed by atoms with E-state index in [1.165, 1.54) is 6.07 Å². The van der Waals surface area contributed by atoms with Gasteiger partial charge in [0.1, 0.15) is 12.4 Å². The summed E-state index contributed by atoms with van der Waals surface area (Å²) < 4.78 is 95.8. The number of hydrogen-bond donors (Lipinski definition) is 0. The lowest BCUT2D eigenvalue weighted by molar-refractivity contribution is -0.228. The van der Waals surface area contributed by atoms with Crippen molar-refractivity contribution in [3.05, 3.63) is 101 Å². The topological polar surface area (TPSA) is 9.23 Å². The van der Waals surface area contributed by atoms with Gasteiger partial charge in [-0.2, -0.15) is 17.6 Å². The maximum atomic E-state index is 15.3. The van der Waals surface area contributed by atoms with Crippen LogP contribution in [0, 0.1) is 11.6 Å². The monoisotopic (exact) mass is 490 g/mol. The molecular formula is C28H24F6O. The standard InChI is InChI=1S/C28H24F6O/c1-3-5-7-17-8-10-18(11-9-17)16-35-22-15-14-21-20-13-12-19(6-4-2)25(29)23(20)27(31,32)28(33,34)24(21)26(22)30/h3,8-15H,1,4-7,16H2,2H3. The van der Waals surface area contributed by atoms with Gasteiger partial charge in [-0.15, -0.1) is 6.58 Å². The van der Waals surface area contributed by atoms with E-state index in [0.29, 0.717) is 12.0 Å². The molecule has 4 rings (SSSR count). The lowest BCUT2D eigenvalue weighted by atomic mass is 9.79. The van der Waals surface area contributed by atoms with Crippen molar-refractivity contribution >= 4 is 0 Å². The quantitative estimate of drug-likeness (QED) is 0.227. The maximum absolute atomic E-state index is 15.3. The first-order chi connectivity index (χ1) is 16.6. The number of alkyl halides is 4. The van der Waals surface area contributed by atoms with E-state index in [2.05, 4.69) is 6.58 Å². The van der Waals surface area contributed by atoms with Crippen LogP contribution in [0.2, 0.25) is 0 Å². The fraction of sp³-hybridized carbons (Fsp3) is 0.286. The van der Waals surface area contributed by atoms with Gasteiger partial charge >= 0.3 is 11.8 Å². The number of aryl methyl sites for hydroxylation is 2. The molecule has 0 aliphatic heterocycles. The highest BCUT2D eigenvalue weighted by Crippen LogP contribution is 2.60. The van der Waals surface area contributed by atoms with Crippen molar-refractivity contribution < 1.29 is 31.1 Å². The zero-order chi connectivity index (χ0) is 25.4. The zero-order valence-corrected chi connectivity index (χ0v) is 19.1. The molecule has 0 bridgehead atoms. The average Bonchev–Trinajstić information content (AvgIpc) is 2.82. The summed E-state index contributed by atoms with van der Waals surface area (Å²) in [6.45, 7) is 5.24. The summed E-state index contributed by atoms with van der Waals surface area (Å²) in [5.41, 5.74) is -2.19. The second-order valence-corrected chi connectivity index (χ2v) is 8.59. The molecule has 0 fully saturated rings. The Labute approximate surface area is 200 Å². The van der Waals surface area contributed by atoms with Gasteiger partial charge in [0.25, 0.3) is 0 Å². The van der Waals surface area contributed by atoms with Gasteiger partial charge in [0, 0.05) is 0 Å². The van der Waals surface area contributed by atoms with E-state index >= 15 is 22.0 Å². The molecule has 1 aliphatic rings. The number of rotatable bonds is 8. The van der Waals surface area contributed by atoms with Crippen LogP contribution >= 0.6 is 0 Å². The number of allylic oxidation sites excluding steroid dienone is 1. The molecule has 1 aliphatic carbocycles. The summed E-state index contributed by atoms with van der Waals surface area (Å²) in [4.78, 5) is 0. The van der Waals surface area contributed by atoms with Crippen molar-refractivity contribution in [2.24, 2.45) is 0 Å². The third-order valence-electron chi connectivity index (χ3n) is 6.21. The molecule has 0 heterocycles. The normalized spacial score (nSPS) is 15.3. The largest absolute Gasteiger partial charge is 0.486 e. The van der Waals surface area contributed by atoms with Gasteiger partial charge in [0.15, 0.2) is 11.6 Å². The van der Waals surface area contributed by atoms with Gasteiger partial charge in [0.05, 0.1) is 11.1 Å². The number of benzene rings is 3. The molecule has 184 valence electrons. The molecule has 0 saturated heterocycles. The van der Waals surface area contributed by atoms with E-state index in [1.54, 1.807) is 25.1 Å². The number of fused-ring (bicyclic) bond motifs is 3. The van der Waals surface area contributed by atoms with Crippen LogP contribution in [-0.4, -0.2) is 0 Å². The van der Waals surface area contributed by atoms with E-state index in [-0.39, 0.29) is 18.6 Å². The van der Waals surface area contributed by atoms with E-state index in [9.17, 15) is 4.39 Å². The number of ether oxygens (including phenoxy) is 1. The Hall–Kier alpha value is -3.22. The van der Waals surface area contributed by atoms with Crippen LogP contribution < -0.4 is 4.74 Å². The van der Waals surface area contributed by atoms with Gasteiger partial charge in [-0.3, -0.25) is 0 Å². The van der Waals surface area contributed by atoms with Gasteiger partial charge in [-0.1, -0.05) is 55.8 Å². The smallest absolute Gasteiger partial charge is 0.343 e. The van der Waals surface area contributed by atoms with Crippen LogP contribution in [-0.2, 0) is 31.3 Å². The zero-order valence-electron chi connectivity index (χ0n) is 19.1. The molecule has 7 heteroatoms. The average molecular weight is 490 g/mol. The molecule has 3 aromatic rings. The maximum Gasteiger partial charge on any atom is 0.343 e. The van der Waals surface area contributed by atoms with Crippen LogP contribution in [0.5, 0.6) is 5.75 Å². The molecule has 0 radical (unpaired) electrons. The van der Waals surface area contributed by atoms with E-state index < -0.39 is 51.5 Å². The minimum atomic E-state index is -4.97. The van der Waals surface area contributed by atoms with Crippen LogP contribution in [0.15, 0.2) is 61.2 Å². The molecule has 0 aromatic heterocycles. The molecule has 1 nitrogen and oxygen atoms in total. The summed E-state index contributed by atoms with van der Waals surface area (Å²) in [5.74, 6) is -13.5. The first kappa shape index (κ1) is 24.9. The van der Waals surface area contributed by atoms with E-state index in [1.807, 2.05) is 12.1 Å². The Kier molecular flexibility index (Phi) is 6.71. The molecule has 3 aromatic carbocycles. The van der Waals surface area contributed by atoms with Crippen LogP contribution in [0.1, 0.15) is 47.6 Å². The SMILES string of the molecule is C=CCCc1ccc(COc2ccc3c(c2F)C(F)(F)C(F)(F)c2c-3ccc(CCC)c2F)cc1. The van der Waals surface area contributed by atoms with E-state index in [0.717, 1.165) is 36.6 Å². The van der Waals surface area contributed by atoms with Crippen molar-refractivity contribution in [2.45, 2.75) is 51.1 Å². The first-order valence-corrected chi connectivity index (χ1v) is 11.4. The van der Waals surface area contributed by atoms with Crippen molar-refractivity contribution in [1.29, 1.82) is 0 Å². The molecule has 0 saturated carbocycles. The highest BCUT2D eigenvalue weighted by molar-refractivity contribution is 5.77. The number of halogens is 6. The Balaban J connectivity index is 1.71. The lowest BCUT2D eigenvalue weighted by Gasteiger charge is -2.35. The van der Waals surface area contributed by atoms with Crippen molar-refractivity contribution in [2.75, 3.05) is 0 Å².